The summed E-state index contributed by atoms with van der Waals surface area (Å²) in [7, 11) is 0. The van der Waals surface area contributed by atoms with Gasteiger partial charge in [0, 0.05) is 12.0 Å². The van der Waals surface area contributed by atoms with Crippen LogP contribution >= 0.6 is 0 Å². The number of carboxylic acid groups (broad SMARTS) is 1. The first-order valence-electron chi connectivity index (χ1n) is 12.5. The van der Waals surface area contributed by atoms with Crippen molar-refractivity contribution in [2.75, 3.05) is 6.61 Å². The van der Waals surface area contributed by atoms with E-state index in [-0.39, 0.29) is 30.4 Å². The minimum absolute atomic E-state index is 0.00511. The molecule has 2 amide bonds. The molecular weight excluding hydrogens is 444 g/mol. The van der Waals surface area contributed by atoms with E-state index in [4.69, 9.17) is 4.74 Å². The third kappa shape index (κ3) is 3.87. The lowest BCUT2D eigenvalue weighted by molar-refractivity contribution is -0.149. The van der Waals surface area contributed by atoms with Crippen LogP contribution in [0.2, 0.25) is 0 Å². The summed E-state index contributed by atoms with van der Waals surface area (Å²) in [6.07, 6.45) is 2.13. The molecule has 0 radical (unpaired) electrons. The Morgan fingerprint density at radius 1 is 1.00 bits per heavy atom. The lowest BCUT2D eigenvalue weighted by atomic mass is 9.90. The number of nitrogens with one attached hydrogen (secondary N) is 2. The van der Waals surface area contributed by atoms with Gasteiger partial charge in [0.1, 0.15) is 12.1 Å². The Hall–Kier alpha value is -3.35. The fraction of sp³-hybridized carbons (Fsp3) is 0.464. The topological polar surface area (TPSA) is 105 Å². The van der Waals surface area contributed by atoms with Crippen LogP contribution in [0.3, 0.4) is 0 Å². The number of amides is 2. The predicted octanol–water partition coefficient (Wildman–Crippen LogP) is 4.45. The number of hydrogen-bond acceptors (Lipinski definition) is 4. The van der Waals surface area contributed by atoms with Crippen molar-refractivity contribution in [3.05, 3.63) is 59.7 Å². The number of rotatable bonds is 8. The maximum Gasteiger partial charge on any atom is 0.407 e. The van der Waals surface area contributed by atoms with Crippen LogP contribution in [0.4, 0.5) is 4.79 Å². The lowest BCUT2D eigenvalue weighted by Gasteiger charge is -2.30. The Balaban J connectivity index is 1.18. The van der Waals surface area contributed by atoms with Gasteiger partial charge in [-0.25, -0.2) is 9.59 Å². The van der Waals surface area contributed by atoms with E-state index in [1.54, 1.807) is 13.8 Å². The Bertz CT molecular complexity index is 1130. The summed E-state index contributed by atoms with van der Waals surface area (Å²) in [5.41, 5.74) is 2.86. The highest BCUT2D eigenvalue weighted by atomic mass is 16.5. The van der Waals surface area contributed by atoms with E-state index in [2.05, 4.69) is 34.9 Å². The average molecular weight is 477 g/mol. The number of carboxylic acids is 1. The molecule has 3 aliphatic carbocycles. The molecular formula is C28H32N2O5. The van der Waals surface area contributed by atoms with Gasteiger partial charge < -0.3 is 20.5 Å². The van der Waals surface area contributed by atoms with Gasteiger partial charge in [0.15, 0.2) is 0 Å². The van der Waals surface area contributed by atoms with Crippen molar-refractivity contribution >= 4 is 18.0 Å². The van der Waals surface area contributed by atoms with Gasteiger partial charge in [-0.1, -0.05) is 62.4 Å². The first-order chi connectivity index (χ1) is 16.8. The maximum atomic E-state index is 13.1. The van der Waals surface area contributed by atoms with Crippen LogP contribution in [0.15, 0.2) is 48.5 Å². The molecule has 0 spiro atoms. The van der Waals surface area contributed by atoms with Crippen LogP contribution in [0.1, 0.15) is 63.0 Å². The zero-order valence-electron chi connectivity index (χ0n) is 20.2. The van der Waals surface area contributed by atoms with Crippen LogP contribution in [0.5, 0.6) is 0 Å². The van der Waals surface area contributed by atoms with Crippen molar-refractivity contribution in [1.82, 2.24) is 10.6 Å². The summed E-state index contributed by atoms with van der Waals surface area (Å²) in [5.74, 6) is -1.04. The fourth-order valence-electron chi connectivity index (χ4n) is 6.22. The molecule has 3 N–H and O–H groups in total. The highest BCUT2D eigenvalue weighted by Crippen LogP contribution is 2.63. The average Bonchev–Trinajstić information content (AvgIpc) is 3.29. The van der Waals surface area contributed by atoms with Crippen LogP contribution in [-0.4, -0.2) is 41.3 Å². The molecule has 2 saturated carbocycles. The number of benzene rings is 2. The van der Waals surface area contributed by atoms with Crippen LogP contribution < -0.4 is 10.6 Å². The molecule has 3 aliphatic rings. The molecule has 35 heavy (non-hydrogen) atoms. The summed E-state index contributed by atoms with van der Waals surface area (Å²) >= 11 is 0. The molecule has 3 atom stereocenters. The molecule has 7 nitrogen and oxygen atoms in total. The quantitative estimate of drug-likeness (QED) is 0.522. The van der Waals surface area contributed by atoms with E-state index in [0.717, 1.165) is 17.5 Å². The van der Waals surface area contributed by atoms with Gasteiger partial charge >= 0.3 is 12.1 Å². The first-order valence-corrected chi connectivity index (χ1v) is 12.5. The predicted molar refractivity (Wildman–Crippen MR) is 131 cm³/mol. The molecule has 5 rings (SSSR count). The molecule has 0 saturated heterocycles. The van der Waals surface area contributed by atoms with Crippen molar-refractivity contribution in [2.45, 2.75) is 63.5 Å². The first kappa shape index (κ1) is 23.4. The summed E-state index contributed by atoms with van der Waals surface area (Å²) < 4.78 is 5.66. The van der Waals surface area contributed by atoms with Crippen molar-refractivity contribution in [2.24, 2.45) is 11.3 Å². The summed E-state index contributed by atoms with van der Waals surface area (Å²) in [5, 5.41) is 15.4. The molecule has 184 valence electrons. The zero-order chi connectivity index (χ0) is 24.8. The molecule has 0 heterocycles. The van der Waals surface area contributed by atoms with Crippen LogP contribution in [0, 0.1) is 11.3 Å². The van der Waals surface area contributed by atoms with Crippen molar-refractivity contribution in [1.29, 1.82) is 0 Å². The second-order valence-corrected chi connectivity index (χ2v) is 10.2. The van der Waals surface area contributed by atoms with E-state index in [1.165, 1.54) is 11.1 Å². The van der Waals surface area contributed by atoms with Gasteiger partial charge in [-0.3, -0.25) is 4.79 Å². The number of aliphatic carboxylic acids is 1. The zero-order valence-corrected chi connectivity index (χ0v) is 20.2. The van der Waals surface area contributed by atoms with E-state index < -0.39 is 23.0 Å². The minimum Gasteiger partial charge on any atom is -0.480 e. The Kier molecular flexibility index (Phi) is 5.82. The summed E-state index contributed by atoms with van der Waals surface area (Å²) in [6, 6.07) is 16.2. The molecule has 0 unspecified atom stereocenters. The van der Waals surface area contributed by atoms with Crippen molar-refractivity contribution < 1.29 is 24.2 Å². The van der Waals surface area contributed by atoms with Gasteiger partial charge in [0.05, 0.1) is 5.41 Å². The molecule has 2 fully saturated rings. The molecule has 0 aliphatic heterocycles. The Morgan fingerprint density at radius 2 is 1.60 bits per heavy atom. The largest absolute Gasteiger partial charge is 0.480 e. The number of carbonyl (C=O) groups is 3. The van der Waals surface area contributed by atoms with E-state index in [9.17, 15) is 19.5 Å². The van der Waals surface area contributed by atoms with Gasteiger partial charge in [0.2, 0.25) is 5.91 Å². The number of carbonyl (C=O) groups excluding carboxylic acids is 2. The third-order valence-electron chi connectivity index (χ3n) is 8.50. The van der Waals surface area contributed by atoms with Crippen molar-refractivity contribution in [3.8, 4) is 11.1 Å². The Morgan fingerprint density at radius 3 is 2.17 bits per heavy atom. The molecule has 7 heteroatoms. The second-order valence-electron chi connectivity index (χ2n) is 10.2. The number of alkyl carbamates (subject to hydrolysis) is 1. The standard InChI is InChI=1S/C28H32N2O5/c1-3-28(4-2,25(32)33)30-24(31)27-14-17(27)13-18(15-27)29-26(34)35-16-23-21-11-7-5-9-19(21)20-10-6-8-12-22(20)23/h5-12,17-18,23H,3-4,13-16H2,1-2H3,(H,29,34)(H,30,31)(H,32,33)/t17-,18+,27+/m1/s1. The highest BCUT2D eigenvalue weighted by molar-refractivity contribution is 5.92. The highest BCUT2D eigenvalue weighted by Gasteiger charge is 2.66. The van der Waals surface area contributed by atoms with Crippen LogP contribution in [0.25, 0.3) is 11.1 Å². The van der Waals surface area contributed by atoms with Gasteiger partial charge in [-0.2, -0.15) is 0 Å². The number of hydrogen-bond donors (Lipinski definition) is 3. The van der Waals surface area contributed by atoms with Crippen LogP contribution in [-0.2, 0) is 14.3 Å². The monoisotopic (exact) mass is 476 g/mol. The van der Waals surface area contributed by atoms with E-state index in [0.29, 0.717) is 25.7 Å². The molecule has 0 aromatic heterocycles. The molecule has 2 aromatic rings. The minimum atomic E-state index is -1.24. The normalized spacial score (nSPS) is 24.2. The van der Waals surface area contributed by atoms with E-state index >= 15 is 0 Å². The lowest BCUT2D eigenvalue weighted by Crippen LogP contribution is -2.56. The SMILES string of the molecule is CCC(CC)(NC(=O)[C@@]12C[C@@H](NC(=O)OCC3c4ccccc4-c4ccccc43)C[C@@H]1C2)C(=O)O. The van der Waals surface area contributed by atoms with Gasteiger partial charge in [-0.05, 0) is 60.3 Å². The van der Waals surface area contributed by atoms with Gasteiger partial charge in [0.25, 0.3) is 0 Å². The number of fused-ring (bicyclic) bond motifs is 4. The maximum absolute atomic E-state index is 13.1. The molecule has 2 aromatic carbocycles. The number of ether oxygens (including phenoxy) is 1. The smallest absolute Gasteiger partial charge is 0.407 e. The van der Waals surface area contributed by atoms with Crippen molar-refractivity contribution in [3.63, 3.8) is 0 Å². The summed E-state index contributed by atoms with van der Waals surface area (Å²) in [6.45, 7) is 3.79. The third-order valence-corrected chi connectivity index (χ3v) is 8.50. The Labute approximate surface area is 205 Å². The fourth-order valence-corrected chi connectivity index (χ4v) is 6.22. The summed E-state index contributed by atoms with van der Waals surface area (Å²) in [4.78, 5) is 37.6. The van der Waals surface area contributed by atoms with Gasteiger partial charge in [-0.15, -0.1) is 0 Å². The second kappa shape index (κ2) is 8.70. The van der Waals surface area contributed by atoms with E-state index in [1.807, 2.05) is 24.3 Å². The molecule has 0 bridgehead atoms.